The van der Waals surface area contributed by atoms with E-state index in [2.05, 4.69) is 182 Å². The molecule has 0 heterocycles. The molecule has 21 heteroatoms. The third-order valence-electron chi connectivity index (χ3n) is 29.4. The second-order valence-corrected chi connectivity index (χ2v) is 35.1. The summed E-state index contributed by atoms with van der Waals surface area (Å²) in [5.41, 5.74) is 25.7. The number of carboxylic acid groups (broad SMARTS) is 10. The smallest absolute Gasteiger partial charge is 0.317 e. The standard InChI is InChI=1S/C100H75ClO20/c101-100-83-81-82-84(100)98(54-32-22-49(23-33-54)9-4-14-69(91(114)115)92(116)117)76-61-41-39-59-57-37-36-56-58-38-40-60-62-42-44-64-65-45-43-63(61)78(98)80(65)99(100,55-34-24-50(25-35-55)10-5-15-70(93(118)119)94(120)121)79(64)77(62)97(83,53-30-20-48(21-31-53)8-3-13-68(89(110)111)90(112)113)75(60)73(58)95(81,51-26-16-46(17-27-51)6-1-11-66(85(102)103)86(104)105)71(56)72(57)96(82,74(59)76)52-28-18-47(19-29-52)7-2-12-67(87(106)107)88(108)109/h16-45,66-70H,1-15H2,(H,102,103)(H,104,105)(H,106,107)(H,108,109)(H,110,111)(H,112,113)(H,114,115)(H,116,117)(H,118,119)(H,120,121)/t95-,96+,97-,98+,99-,100-. The number of carbonyl (C=O) groups is 10. The highest BCUT2D eigenvalue weighted by molar-refractivity contribution is 6.35. The number of aliphatic carboxylic acids is 10. The number of aryl methyl sites for hydroxylation is 5. The number of hydrogen-bond acceptors (Lipinski definition) is 10. The average molecular weight is 1630 g/mol. The molecular formula is C100H75ClO20. The van der Waals surface area contributed by atoms with Gasteiger partial charge in [0.25, 0.3) is 0 Å². The van der Waals surface area contributed by atoms with Gasteiger partial charge in [-0.25, -0.2) is 0 Å². The van der Waals surface area contributed by atoms with Crippen LogP contribution >= 0.6 is 11.6 Å². The monoisotopic (exact) mass is 1630 g/mol. The second kappa shape index (κ2) is 25.8. The van der Waals surface area contributed by atoms with Gasteiger partial charge in [0.15, 0.2) is 29.6 Å². The van der Waals surface area contributed by atoms with E-state index < -0.39 is 121 Å². The lowest BCUT2D eigenvalue weighted by molar-refractivity contribution is -0.156. The van der Waals surface area contributed by atoms with Crippen molar-refractivity contribution >= 4 is 71.3 Å². The lowest BCUT2D eigenvalue weighted by Crippen LogP contribution is -2.65. The van der Waals surface area contributed by atoms with Crippen LogP contribution in [0, 0.1) is 29.6 Å². The van der Waals surface area contributed by atoms with Crippen molar-refractivity contribution in [2.24, 2.45) is 29.6 Å². The Morgan fingerprint density at radius 2 is 0.388 bits per heavy atom. The summed E-state index contributed by atoms with van der Waals surface area (Å²) in [6, 6.07) is 65.2. The molecule has 0 aliphatic heterocycles. The van der Waals surface area contributed by atoms with Crippen LogP contribution in [0.1, 0.15) is 175 Å². The predicted molar refractivity (Wildman–Crippen MR) is 440 cm³/mol. The van der Waals surface area contributed by atoms with E-state index in [0.29, 0.717) is 32.1 Å². The fourth-order valence-corrected chi connectivity index (χ4v) is 25.8. The molecule has 0 radical (unpaired) electrons. The van der Waals surface area contributed by atoms with Gasteiger partial charge in [-0.3, -0.25) is 47.9 Å². The Hall–Kier alpha value is -13.3. The summed E-state index contributed by atoms with van der Waals surface area (Å²) < 4.78 is 0. The summed E-state index contributed by atoms with van der Waals surface area (Å²) in [7, 11) is 0. The van der Waals surface area contributed by atoms with Crippen molar-refractivity contribution < 1.29 is 99.0 Å². The largest absolute Gasteiger partial charge is 0.481 e. The maximum atomic E-state index is 12.4. The van der Waals surface area contributed by atoms with E-state index in [0.717, 1.165) is 189 Å². The van der Waals surface area contributed by atoms with Gasteiger partial charge in [-0.15, -0.1) is 11.6 Å². The zero-order valence-electron chi connectivity index (χ0n) is 64.7. The van der Waals surface area contributed by atoms with Gasteiger partial charge >= 0.3 is 59.7 Å². The fraction of sp³-hybridized carbons (Fsp3) is 0.260. The van der Waals surface area contributed by atoms with Gasteiger partial charge in [0.1, 0.15) is 4.87 Å². The lowest BCUT2D eigenvalue weighted by atomic mass is 9.40. The molecule has 11 aliphatic rings. The minimum absolute atomic E-state index is 0.117. The SMILES string of the molecule is O=C(O)C(CCCc1ccc([C@]23C4=C5[C@]6(c7ccc(CCCC(C(=O)O)C(=O)O)cc7)c7c8ccc(c72)-c2ccc7c(c23)[C@]2(c3ccc(CCCC(C(=O)O)C(=O)O)cc3)C4=C3[C@@]4(c9ccc(CCCC(C(=O)O)C(=O)O)cc9)c9c(ccc-7c92)-c2ccc7c(c24)[C@@](c2ccc(CCCC(C(=O)O)C(=O)O)cc2)(c2c-7ccc-8c26)[C@@]53Cl)cc1)C(=O)O. The molecule has 10 N–H and O–H groups in total. The van der Waals surface area contributed by atoms with Gasteiger partial charge in [-0.1, -0.05) is 182 Å². The normalized spacial score (nSPS) is 21.6. The van der Waals surface area contributed by atoms with E-state index in [-0.39, 0.29) is 64.2 Å². The molecule has 0 saturated heterocycles. The Kier molecular flexibility index (Phi) is 16.1. The number of halogens is 1. The maximum absolute atomic E-state index is 12.4. The molecule has 0 bridgehead atoms. The van der Waals surface area contributed by atoms with E-state index >= 15 is 0 Å². The molecule has 20 nitrogen and oxygen atoms in total. The minimum Gasteiger partial charge on any atom is -0.481 e. The van der Waals surface area contributed by atoms with Crippen molar-refractivity contribution in [2.45, 2.75) is 128 Å². The molecule has 10 aromatic rings. The molecule has 10 aromatic carbocycles. The first-order valence-electron chi connectivity index (χ1n) is 41.1. The Morgan fingerprint density at radius 1 is 0.223 bits per heavy atom. The first-order chi connectivity index (χ1) is 58.2. The number of rotatable bonds is 35. The average Bonchev–Trinajstić information content (AvgIpc) is 1.39. The van der Waals surface area contributed by atoms with Crippen molar-refractivity contribution in [3.63, 3.8) is 0 Å². The lowest BCUT2D eigenvalue weighted by Gasteiger charge is -2.64. The molecule has 121 heavy (non-hydrogen) atoms. The maximum Gasteiger partial charge on any atom is 0.317 e. The Bertz CT molecular complexity index is 6170. The van der Waals surface area contributed by atoms with Gasteiger partial charge in [-0.2, -0.15) is 0 Å². The predicted octanol–water partition coefficient (Wildman–Crippen LogP) is 15.8. The zero-order valence-corrected chi connectivity index (χ0v) is 65.5. The third-order valence-corrected chi connectivity index (χ3v) is 30.1. The van der Waals surface area contributed by atoms with E-state index in [1.165, 1.54) is 0 Å². The topological polar surface area (TPSA) is 373 Å². The van der Waals surface area contributed by atoms with Crippen LogP contribution in [0.5, 0.6) is 0 Å². The van der Waals surface area contributed by atoms with Crippen molar-refractivity contribution in [1.82, 2.24) is 0 Å². The Morgan fingerprint density at radius 3 is 0.587 bits per heavy atom. The van der Waals surface area contributed by atoms with Crippen LogP contribution in [0.15, 0.2) is 204 Å². The molecule has 21 rings (SSSR count). The minimum atomic E-state index is -1.76. The highest BCUT2D eigenvalue weighted by Crippen LogP contribution is 2.92. The van der Waals surface area contributed by atoms with Crippen LogP contribution < -0.4 is 0 Å². The zero-order chi connectivity index (χ0) is 84.1. The summed E-state index contributed by atoms with van der Waals surface area (Å²) in [6.45, 7) is 0. The molecular weight excluding hydrogens is 1560 g/mol. The van der Waals surface area contributed by atoms with Crippen molar-refractivity contribution in [1.29, 1.82) is 0 Å². The number of alkyl halides is 1. The van der Waals surface area contributed by atoms with Crippen molar-refractivity contribution in [3.8, 4) is 55.6 Å². The number of carboxylic acids is 10. The van der Waals surface area contributed by atoms with Gasteiger partial charge in [-0.05, 0) is 286 Å². The van der Waals surface area contributed by atoms with Crippen LogP contribution in [0.2, 0.25) is 0 Å². The molecule has 0 fully saturated rings. The van der Waals surface area contributed by atoms with Crippen molar-refractivity contribution in [3.05, 3.63) is 316 Å². The Labute approximate surface area is 695 Å². The fourth-order valence-electron chi connectivity index (χ4n) is 25.0. The molecule has 602 valence electrons. The summed E-state index contributed by atoms with van der Waals surface area (Å²) in [6.07, 6.45) is 2.30. The van der Waals surface area contributed by atoms with Gasteiger partial charge in [0, 0.05) is 0 Å². The number of fused-ring (bicyclic) bond motifs is 5. The second-order valence-electron chi connectivity index (χ2n) is 34.6. The first-order valence-corrected chi connectivity index (χ1v) is 41.5. The van der Waals surface area contributed by atoms with Crippen LogP contribution in [0.25, 0.3) is 55.6 Å². The molecule has 0 unspecified atom stereocenters. The molecule has 0 saturated carbocycles. The van der Waals surface area contributed by atoms with E-state index in [9.17, 15) is 111 Å². The highest BCUT2D eigenvalue weighted by Gasteiger charge is 2.87. The molecule has 0 spiro atoms. The molecule has 11 aliphatic carbocycles. The van der Waals surface area contributed by atoms with E-state index in [1.807, 2.05) is 0 Å². The van der Waals surface area contributed by atoms with Gasteiger partial charge < -0.3 is 51.1 Å². The molecule has 0 aromatic heterocycles. The summed E-state index contributed by atoms with van der Waals surface area (Å²) in [4.78, 5) is 122. The van der Waals surface area contributed by atoms with Crippen molar-refractivity contribution in [2.75, 3.05) is 0 Å². The molecule has 6 atom stereocenters. The summed E-state index contributed by atoms with van der Waals surface area (Å²) in [5.74, 6) is -22.4. The third kappa shape index (κ3) is 9.08. The number of allylic oxidation sites excluding steroid dienone is 4. The quantitative estimate of drug-likeness (QED) is 0.0130. The molecule has 0 amide bonds. The van der Waals surface area contributed by atoms with E-state index in [4.69, 9.17) is 0 Å². The van der Waals surface area contributed by atoms with Gasteiger partial charge in [0.05, 0.1) is 27.1 Å². The van der Waals surface area contributed by atoms with Crippen LogP contribution in [-0.2, 0) is 107 Å². The van der Waals surface area contributed by atoms with Crippen LogP contribution in [0.4, 0.5) is 0 Å². The number of benzene rings is 10. The highest BCUT2D eigenvalue weighted by atomic mass is 35.5. The Balaban J connectivity index is 0.916. The van der Waals surface area contributed by atoms with Crippen LogP contribution in [0.3, 0.4) is 0 Å². The van der Waals surface area contributed by atoms with Crippen LogP contribution in [-0.4, -0.2) is 116 Å². The first kappa shape index (κ1) is 75.2. The summed E-state index contributed by atoms with van der Waals surface area (Å²) >= 11 is 10.7. The van der Waals surface area contributed by atoms with E-state index in [1.54, 1.807) is 0 Å². The summed E-state index contributed by atoms with van der Waals surface area (Å²) in [5, 5.41) is 101. The van der Waals surface area contributed by atoms with Gasteiger partial charge in [0.2, 0.25) is 0 Å². The number of hydrogen-bond donors (Lipinski definition) is 10.